The molecular formula is C18H11F3N4O. The molecule has 4 rings (SSSR count). The minimum Gasteiger partial charge on any atom is -0.406 e. The van der Waals surface area contributed by atoms with Crippen LogP contribution in [0.5, 0.6) is 5.75 Å². The van der Waals surface area contributed by atoms with Gasteiger partial charge >= 0.3 is 6.36 Å². The Morgan fingerprint density at radius 1 is 0.885 bits per heavy atom. The highest BCUT2D eigenvalue weighted by molar-refractivity contribution is 5.65. The van der Waals surface area contributed by atoms with E-state index in [9.17, 15) is 13.2 Å². The van der Waals surface area contributed by atoms with E-state index in [0.717, 1.165) is 11.3 Å². The molecule has 4 aromatic rings. The zero-order valence-corrected chi connectivity index (χ0v) is 13.2. The van der Waals surface area contributed by atoms with E-state index >= 15 is 0 Å². The summed E-state index contributed by atoms with van der Waals surface area (Å²) in [4.78, 5) is 8.38. The van der Waals surface area contributed by atoms with Gasteiger partial charge in [-0.15, -0.1) is 13.2 Å². The molecule has 8 heteroatoms. The number of benzene rings is 1. The lowest BCUT2D eigenvalue weighted by Gasteiger charge is -2.09. The summed E-state index contributed by atoms with van der Waals surface area (Å²) in [5, 5.41) is 4.49. The lowest BCUT2D eigenvalue weighted by molar-refractivity contribution is -0.274. The first-order valence-electron chi connectivity index (χ1n) is 7.61. The van der Waals surface area contributed by atoms with Crippen LogP contribution in [0.2, 0.25) is 0 Å². The molecule has 0 saturated carbocycles. The van der Waals surface area contributed by atoms with E-state index in [1.165, 1.54) is 18.2 Å². The molecule has 0 spiro atoms. The molecule has 0 saturated heterocycles. The maximum atomic E-state index is 12.4. The van der Waals surface area contributed by atoms with Crippen molar-refractivity contribution in [2.24, 2.45) is 0 Å². The molecule has 0 fully saturated rings. The number of nitrogens with zero attached hydrogens (tertiary/aromatic N) is 4. The molecule has 5 nitrogen and oxygen atoms in total. The molecule has 0 unspecified atom stereocenters. The number of halogens is 3. The van der Waals surface area contributed by atoms with Gasteiger partial charge in [-0.3, -0.25) is 4.98 Å². The molecule has 1 aromatic carbocycles. The van der Waals surface area contributed by atoms with Crippen molar-refractivity contribution in [2.45, 2.75) is 6.36 Å². The van der Waals surface area contributed by atoms with E-state index in [0.29, 0.717) is 16.9 Å². The fourth-order valence-electron chi connectivity index (χ4n) is 2.55. The van der Waals surface area contributed by atoms with Crippen LogP contribution >= 0.6 is 0 Å². The third-order valence-corrected chi connectivity index (χ3v) is 3.66. The van der Waals surface area contributed by atoms with Gasteiger partial charge in [-0.05, 0) is 36.4 Å². The van der Waals surface area contributed by atoms with E-state index in [2.05, 4.69) is 19.8 Å². The van der Waals surface area contributed by atoms with Gasteiger partial charge in [0.2, 0.25) is 0 Å². The normalized spacial score (nSPS) is 11.7. The monoisotopic (exact) mass is 356 g/mol. The number of hydrogen-bond donors (Lipinski definition) is 0. The molecule has 0 aliphatic rings. The fourth-order valence-corrected chi connectivity index (χ4v) is 2.55. The number of ether oxygens (including phenoxy) is 1. The molecule has 130 valence electrons. The van der Waals surface area contributed by atoms with Crippen LogP contribution in [-0.2, 0) is 0 Å². The van der Waals surface area contributed by atoms with Gasteiger partial charge in [0.15, 0.2) is 5.65 Å². The number of fused-ring (bicyclic) bond motifs is 1. The van der Waals surface area contributed by atoms with Gasteiger partial charge in [0, 0.05) is 23.5 Å². The summed E-state index contributed by atoms with van der Waals surface area (Å²) in [6, 6.07) is 13.0. The minimum absolute atomic E-state index is 0.294. The molecule has 0 atom stereocenters. The lowest BCUT2D eigenvalue weighted by Crippen LogP contribution is -2.17. The summed E-state index contributed by atoms with van der Waals surface area (Å²) < 4.78 is 42.7. The van der Waals surface area contributed by atoms with Crippen LogP contribution in [0.3, 0.4) is 0 Å². The minimum atomic E-state index is -4.74. The van der Waals surface area contributed by atoms with E-state index < -0.39 is 6.36 Å². The fraction of sp³-hybridized carbons (Fsp3) is 0.0556. The Labute approximate surface area is 145 Å². The smallest absolute Gasteiger partial charge is 0.406 e. The van der Waals surface area contributed by atoms with Gasteiger partial charge in [0.1, 0.15) is 5.75 Å². The molecule has 0 radical (unpaired) electrons. The third-order valence-electron chi connectivity index (χ3n) is 3.66. The standard InChI is InChI=1S/C18H11F3N4O/c19-18(20,21)26-14-3-1-2-13(10-14)16-11-25-17(23-16)5-4-15(24-25)12-6-8-22-9-7-12/h1-11H. The molecule has 0 bridgehead atoms. The average Bonchev–Trinajstić information content (AvgIpc) is 3.04. The second-order valence-corrected chi connectivity index (χ2v) is 5.46. The van der Waals surface area contributed by atoms with E-state index in [-0.39, 0.29) is 5.75 Å². The summed E-state index contributed by atoms with van der Waals surface area (Å²) >= 11 is 0. The summed E-state index contributed by atoms with van der Waals surface area (Å²) in [5.41, 5.74) is 3.22. The van der Waals surface area contributed by atoms with Crippen LogP contribution in [0.15, 0.2) is 67.1 Å². The van der Waals surface area contributed by atoms with E-state index in [1.807, 2.05) is 18.2 Å². The number of hydrogen-bond acceptors (Lipinski definition) is 4. The Morgan fingerprint density at radius 2 is 1.69 bits per heavy atom. The maximum Gasteiger partial charge on any atom is 0.573 e. The SMILES string of the molecule is FC(F)(F)Oc1cccc(-c2cn3nc(-c4ccncc4)ccc3n2)c1. The van der Waals surface area contributed by atoms with Gasteiger partial charge < -0.3 is 4.74 Å². The van der Waals surface area contributed by atoms with Crippen molar-refractivity contribution in [3.8, 4) is 28.3 Å². The average molecular weight is 356 g/mol. The molecule has 3 heterocycles. The highest BCUT2D eigenvalue weighted by Crippen LogP contribution is 2.28. The van der Waals surface area contributed by atoms with Crippen LogP contribution in [0, 0.1) is 0 Å². The van der Waals surface area contributed by atoms with Crippen molar-refractivity contribution in [1.29, 1.82) is 0 Å². The van der Waals surface area contributed by atoms with Crippen LogP contribution in [-0.4, -0.2) is 25.9 Å². The summed E-state index contributed by atoms with van der Waals surface area (Å²) in [6.45, 7) is 0. The second kappa shape index (κ2) is 6.14. The van der Waals surface area contributed by atoms with Crippen LogP contribution in [0.1, 0.15) is 0 Å². The second-order valence-electron chi connectivity index (χ2n) is 5.46. The quantitative estimate of drug-likeness (QED) is 0.547. The Balaban J connectivity index is 1.71. The van der Waals surface area contributed by atoms with Gasteiger partial charge in [-0.2, -0.15) is 5.10 Å². The van der Waals surface area contributed by atoms with E-state index in [4.69, 9.17) is 0 Å². The zero-order chi connectivity index (χ0) is 18.1. The summed E-state index contributed by atoms with van der Waals surface area (Å²) in [6.07, 6.45) is 0.269. The van der Waals surface area contributed by atoms with Crippen molar-refractivity contribution in [3.63, 3.8) is 0 Å². The van der Waals surface area contributed by atoms with Crippen LogP contribution in [0.4, 0.5) is 13.2 Å². The largest absolute Gasteiger partial charge is 0.573 e. The van der Waals surface area contributed by atoms with Crippen LogP contribution < -0.4 is 4.74 Å². The number of rotatable bonds is 3. The number of aromatic nitrogens is 4. The molecule has 0 aliphatic carbocycles. The molecular weight excluding hydrogens is 345 g/mol. The summed E-state index contributed by atoms with van der Waals surface area (Å²) in [7, 11) is 0. The summed E-state index contributed by atoms with van der Waals surface area (Å²) in [5.74, 6) is -0.294. The molecule has 0 N–H and O–H groups in total. The van der Waals surface area contributed by atoms with Crippen molar-refractivity contribution in [3.05, 3.63) is 67.1 Å². The van der Waals surface area contributed by atoms with Crippen molar-refractivity contribution in [2.75, 3.05) is 0 Å². The Hall–Kier alpha value is -3.42. The van der Waals surface area contributed by atoms with Gasteiger partial charge in [-0.25, -0.2) is 9.50 Å². The van der Waals surface area contributed by atoms with Gasteiger partial charge in [-0.1, -0.05) is 12.1 Å². The predicted molar refractivity (Wildman–Crippen MR) is 88.3 cm³/mol. The highest BCUT2D eigenvalue weighted by atomic mass is 19.4. The number of pyridine rings is 1. The third kappa shape index (κ3) is 3.34. The van der Waals surface area contributed by atoms with Gasteiger partial charge in [0.25, 0.3) is 0 Å². The van der Waals surface area contributed by atoms with E-state index in [1.54, 1.807) is 35.2 Å². The molecule has 0 aliphatic heterocycles. The first kappa shape index (κ1) is 16.1. The molecule has 3 aromatic heterocycles. The Kier molecular flexibility index (Phi) is 3.80. The number of imidazole rings is 1. The zero-order valence-electron chi connectivity index (χ0n) is 13.2. The molecule has 0 amide bonds. The Morgan fingerprint density at radius 3 is 2.46 bits per heavy atom. The first-order chi connectivity index (χ1) is 12.5. The number of alkyl halides is 3. The topological polar surface area (TPSA) is 52.3 Å². The lowest BCUT2D eigenvalue weighted by atomic mass is 10.1. The predicted octanol–water partition coefficient (Wildman–Crippen LogP) is 4.36. The Bertz CT molecular complexity index is 1060. The van der Waals surface area contributed by atoms with Crippen LogP contribution in [0.25, 0.3) is 28.2 Å². The van der Waals surface area contributed by atoms with Crippen molar-refractivity contribution >= 4 is 5.65 Å². The van der Waals surface area contributed by atoms with Gasteiger partial charge in [0.05, 0.1) is 17.6 Å². The maximum absolute atomic E-state index is 12.4. The van der Waals surface area contributed by atoms with Crippen molar-refractivity contribution < 1.29 is 17.9 Å². The highest BCUT2D eigenvalue weighted by Gasteiger charge is 2.31. The van der Waals surface area contributed by atoms with Crippen molar-refractivity contribution in [1.82, 2.24) is 19.6 Å². The molecule has 26 heavy (non-hydrogen) atoms. The first-order valence-corrected chi connectivity index (χ1v) is 7.61.